The highest BCUT2D eigenvalue weighted by molar-refractivity contribution is 5.97. The van der Waals surface area contributed by atoms with E-state index in [0.717, 1.165) is 43.1 Å². The SMILES string of the molecule is O=Cc1cccc2c1ccn2CC(=O)N1CCCC1. The van der Waals surface area contributed by atoms with E-state index in [1.807, 2.05) is 33.9 Å². The molecule has 0 bridgehead atoms. The van der Waals surface area contributed by atoms with Gasteiger partial charge >= 0.3 is 0 Å². The van der Waals surface area contributed by atoms with Crippen LogP contribution in [0.1, 0.15) is 23.2 Å². The molecule has 0 spiro atoms. The minimum absolute atomic E-state index is 0.159. The Labute approximate surface area is 111 Å². The molecule has 0 radical (unpaired) electrons. The van der Waals surface area contributed by atoms with Gasteiger partial charge in [0.1, 0.15) is 6.54 Å². The lowest BCUT2D eigenvalue weighted by Gasteiger charge is -2.16. The van der Waals surface area contributed by atoms with Crippen molar-refractivity contribution in [2.24, 2.45) is 0 Å². The number of aromatic nitrogens is 1. The van der Waals surface area contributed by atoms with Crippen molar-refractivity contribution in [1.82, 2.24) is 9.47 Å². The number of hydrogen-bond donors (Lipinski definition) is 0. The molecule has 1 aromatic carbocycles. The Morgan fingerprint density at radius 2 is 2.00 bits per heavy atom. The van der Waals surface area contributed by atoms with E-state index >= 15 is 0 Å². The van der Waals surface area contributed by atoms with Crippen molar-refractivity contribution in [2.45, 2.75) is 19.4 Å². The van der Waals surface area contributed by atoms with Crippen molar-refractivity contribution in [3.05, 3.63) is 36.0 Å². The van der Waals surface area contributed by atoms with E-state index < -0.39 is 0 Å². The quantitative estimate of drug-likeness (QED) is 0.789. The highest BCUT2D eigenvalue weighted by Gasteiger charge is 2.18. The Kier molecular flexibility index (Phi) is 3.07. The van der Waals surface area contributed by atoms with Crippen molar-refractivity contribution in [1.29, 1.82) is 0 Å². The van der Waals surface area contributed by atoms with Crippen molar-refractivity contribution in [3.8, 4) is 0 Å². The molecule has 0 aliphatic carbocycles. The lowest BCUT2D eigenvalue weighted by molar-refractivity contribution is -0.130. The van der Waals surface area contributed by atoms with Gasteiger partial charge in [0.25, 0.3) is 0 Å². The maximum Gasteiger partial charge on any atom is 0.242 e. The molecule has 0 saturated carbocycles. The fraction of sp³-hybridized carbons (Fsp3) is 0.333. The van der Waals surface area contributed by atoms with Gasteiger partial charge in [0.15, 0.2) is 6.29 Å². The maximum absolute atomic E-state index is 12.1. The molecule has 1 aliphatic rings. The normalized spacial score (nSPS) is 15.1. The van der Waals surface area contributed by atoms with Gasteiger partial charge in [-0.05, 0) is 25.0 Å². The molecule has 0 N–H and O–H groups in total. The number of fused-ring (bicyclic) bond motifs is 1. The number of benzene rings is 1. The van der Waals surface area contributed by atoms with E-state index in [4.69, 9.17) is 0 Å². The van der Waals surface area contributed by atoms with Crippen molar-refractivity contribution in [2.75, 3.05) is 13.1 Å². The third-order valence-electron chi connectivity index (χ3n) is 3.74. The number of hydrogen-bond acceptors (Lipinski definition) is 2. The molecule has 4 nitrogen and oxygen atoms in total. The first kappa shape index (κ1) is 12.0. The number of carbonyl (C=O) groups excluding carboxylic acids is 2. The third kappa shape index (κ3) is 2.14. The van der Waals surface area contributed by atoms with Crippen LogP contribution in [-0.2, 0) is 11.3 Å². The molecule has 0 unspecified atom stereocenters. The van der Waals surface area contributed by atoms with Gasteiger partial charge in [-0.15, -0.1) is 0 Å². The van der Waals surface area contributed by atoms with Crippen LogP contribution in [0.25, 0.3) is 10.9 Å². The van der Waals surface area contributed by atoms with Gasteiger partial charge in [0.2, 0.25) is 5.91 Å². The van der Waals surface area contributed by atoms with E-state index in [1.165, 1.54) is 0 Å². The summed E-state index contributed by atoms with van der Waals surface area (Å²) in [6.07, 6.45) is 4.95. The second kappa shape index (κ2) is 4.88. The first-order valence-electron chi connectivity index (χ1n) is 6.60. The molecule has 1 saturated heterocycles. The molecule has 98 valence electrons. The average Bonchev–Trinajstić information content (AvgIpc) is 3.08. The van der Waals surface area contributed by atoms with Crippen LogP contribution in [-0.4, -0.2) is 34.7 Å². The summed E-state index contributed by atoms with van der Waals surface area (Å²) < 4.78 is 1.92. The summed E-state index contributed by atoms with van der Waals surface area (Å²) in [7, 11) is 0. The average molecular weight is 256 g/mol. The molecule has 1 aromatic heterocycles. The Hall–Kier alpha value is -2.10. The molecule has 3 rings (SSSR count). The largest absolute Gasteiger partial charge is 0.341 e. The van der Waals surface area contributed by atoms with Crippen LogP contribution >= 0.6 is 0 Å². The van der Waals surface area contributed by atoms with E-state index in [-0.39, 0.29) is 5.91 Å². The Morgan fingerprint density at radius 1 is 1.21 bits per heavy atom. The van der Waals surface area contributed by atoms with Crippen molar-refractivity contribution >= 4 is 23.1 Å². The number of amides is 1. The molecule has 1 aliphatic heterocycles. The van der Waals surface area contributed by atoms with Gasteiger partial charge in [-0.3, -0.25) is 9.59 Å². The van der Waals surface area contributed by atoms with Gasteiger partial charge in [-0.1, -0.05) is 12.1 Å². The lowest BCUT2D eigenvalue weighted by atomic mass is 10.1. The predicted molar refractivity (Wildman–Crippen MR) is 73.1 cm³/mol. The van der Waals surface area contributed by atoms with Gasteiger partial charge in [0.05, 0.1) is 0 Å². The summed E-state index contributed by atoms with van der Waals surface area (Å²) in [5, 5.41) is 0.909. The summed E-state index contributed by atoms with van der Waals surface area (Å²) >= 11 is 0. The predicted octanol–water partition coefficient (Wildman–Crippen LogP) is 2.08. The molecule has 2 heterocycles. The van der Waals surface area contributed by atoms with Crippen LogP contribution < -0.4 is 0 Å². The highest BCUT2D eigenvalue weighted by atomic mass is 16.2. The van der Waals surface area contributed by atoms with Crippen molar-refractivity contribution < 1.29 is 9.59 Å². The van der Waals surface area contributed by atoms with Gasteiger partial charge in [-0.2, -0.15) is 0 Å². The second-order valence-corrected chi connectivity index (χ2v) is 4.93. The van der Waals surface area contributed by atoms with E-state index in [9.17, 15) is 9.59 Å². The van der Waals surface area contributed by atoms with Gasteiger partial charge in [0, 0.05) is 35.8 Å². The minimum atomic E-state index is 0.159. The van der Waals surface area contributed by atoms with Crippen LogP contribution in [0.2, 0.25) is 0 Å². The summed E-state index contributed by atoms with van der Waals surface area (Å²) in [6.45, 7) is 2.10. The van der Waals surface area contributed by atoms with Crippen LogP contribution in [0, 0.1) is 0 Å². The summed E-state index contributed by atoms with van der Waals surface area (Å²) in [5.74, 6) is 0.159. The zero-order valence-electron chi connectivity index (χ0n) is 10.7. The molecule has 1 amide bonds. The molecule has 19 heavy (non-hydrogen) atoms. The first-order chi connectivity index (χ1) is 9.29. The zero-order chi connectivity index (χ0) is 13.2. The van der Waals surface area contributed by atoms with Gasteiger partial charge in [-0.25, -0.2) is 0 Å². The van der Waals surface area contributed by atoms with Gasteiger partial charge < -0.3 is 9.47 Å². The van der Waals surface area contributed by atoms with Crippen molar-refractivity contribution in [3.63, 3.8) is 0 Å². The molecule has 2 aromatic rings. The number of aldehydes is 1. The number of carbonyl (C=O) groups is 2. The molecular weight excluding hydrogens is 240 g/mol. The van der Waals surface area contributed by atoms with E-state index in [1.54, 1.807) is 6.07 Å². The third-order valence-corrected chi connectivity index (χ3v) is 3.74. The number of rotatable bonds is 3. The Morgan fingerprint density at radius 3 is 2.74 bits per heavy atom. The van der Waals surface area contributed by atoms with E-state index in [0.29, 0.717) is 12.1 Å². The first-order valence-corrected chi connectivity index (χ1v) is 6.60. The Bertz CT molecular complexity index is 624. The zero-order valence-corrected chi connectivity index (χ0v) is 10.7. The lowest BCUT2D eigenvalue weighted by Crippen LogP contribution is -2.30. The van der Waals surface area contributed by atoms with Crippen LogP contribution in [0.5, 0.6) is 0 Å². The standard InChI is InChI=1S/C15H16N2O2/c18-11-12-4-3-5-14-13(12)6-9-17(14)10-15(19)16-7-1-2-8-16/h3-6,9,11H,1-2,7-8,10H2. The van der Waals surface area contributed by atoms with Crippen LogP contribution in [0.15, 0.2) is 30.5 Å². The number of likely N-dealkylation sites (tertiary alicyclic amines) is 1. The molecular formula is C15H16N2O2. The topological polar surface area (TPSA) is 42.3 Å². The molecule has 0 atom stereocenters. The summed E-state index contributed by atoms with van der Waals surface area (Å²) in [4.78, 5) is 25.0. The second-order valence-electron chi connectivity index (χ2n) is 4.93. The molecule has 4 heteroatoms. The molecule has 1 fully saturated rings. The fourth-order valence-corrected chi connectivity index (χ4v) is 2.70. The monoisotopic (exact) mass is 256 g/mol. The smallest absolute Gasteiger partial charge is 0.242 e. The Balaban J connectivity index is 1.89. The van der Waals surface area contributed by atoms with Crippen LogP contribution in [0.3, 0.4) is 0 Å². The fourth-order valence-electron chi connectivity index (χ4n) is 2.70. The highest BCUT2D eigenvalue weighted by Crippen LogP contribution is 2.19. The van der Waals surface area contributed by atoms with E-state index in [2.05, 4.69) is 0 Å². The number of nitrogens with zero attached hydrogens (tertiary/aromatic N) is 2. The minimum Gasteiger partial charge on any atom is -0.341 e. The summed E-state index contributed by atoms with van der Waals surface area (Å²) in [6, 6.07) is 7.49. The maximum atomic E-state index is 12.1. The van der Waals surface area contributed by atoms with Crippen LogP contribution in [0.4, 0.5) is 0 Å². The summed E-state index contributed by atoms with van der Waals surface area (Å²) in [5.41, 5.74) is 1.61.